The second-order valence-corrected chi connectivity index (χ2v) is 6.64. The van der Waals surface area contributed by atoms with Crippen LogP contribution in [-0.4, -0.2) is 28.2 Å². The molecule has 0 saturated carbocycles. The Bertz CT molecular complexity index is 119. The van der Waals surface area contributed by atoms with Gasteiger partial charge in [0.15, 0.2) is 0 Å². The molecule has 0 aliphatic heterocycles. The molecule has 78 valence electrons. The Labute approximate surface area is 83.0 Å². The van der Waals surface area contributed by atoms with Crippen molar-refractivity contribution in [3.8, 4) is 0 Å². The molecule has 0 bridgehead atoms. The van der Waals surface area contributed by atoms with Crippen molar-refractivity contribution >= 4 is 8.80 Å². The summed E-state index contributed by atoms with van der Waals surface area (Å²) in [4.78, 5) is 0. The molecule has 1 unspecified atom stereocenters. The van der Waals surface area contributed by atoms with E-state index >= 15 is 0 Å². The lowest BCUT2D eigenvalue weighted by molar-refractivity contribution is 0.581. The molecule has 0 radical (unpaired) electrons. The number of halogens is 1. The van der Waals surface area contributed by atoms with Gasteiger partial charge in [-0.15, -0.1) is 6.58 Å². The molecule has 0 heterocycles. The maximum atomic E-state index is 12.4. The van der Waals surface area contributed by atoms with Gasteiger partial charge in [0.1, 0.15) is 0 Å². The van der Waals surface area contributed by atoms with Crippen molar-refractivity contribution in [1.82, 2.24) is 5.32 Å². The van der Waals surface area contributed by atoms with Gasteiger partial charge >= 0.3 is 0 Å². The summed E-state index contributed by atoms with van der Waals surface area (Å²) in [5.74, 6) is 0. The number of rotatable bonds is 9. The van der Waals surface area contributed by atoms with Gasteiger partial charge < -0.3 is 5.32 Å². The molecule has 1 N–H and O–H groups in total. The third kappa shape index (κ3) is 8.18. The van der Waals surface area contributed by atoms with Crippen LogP contribution in [0, 0.1) is 0 Å². The predicted octanol–water partition coefficient (Wildman–Crippen LogP) is 2.30. The van der Waals surface area contributed by atoms with E-state index in [0.717, 1.165) is 38.0 Å². The topological polar surface area (TPSA) is 12.0 Å². The summed E-state index contributed by atoms with van der Waals surface area (Å²) in [6.45, 7) is 7.65. The number of hydrogen-bond donors (Lipinski definition) is 1. The smallest absolute Gasteiger partial charge is 0.0766 e. The van der Waals surface area contributed by atoms with Gasteiger partial charge in [-0.25, -0.2) is 0 Å². The molecule has 3 heteroatoms. The van der Waals surface area contributed by atoms with Crippen molar-refractivity contribution in [2.24, 2.45) is 0 Å². The third-order valence-corrected chi connectivity index (χ3v) is 5.22. The van der Waals surface area contributed by atoms with Gasteiger partial charge in [0.05, 0.1) is 15.1 Å². The van der Waals surface area contributed by atoms with Crippen molar-refractivity contribution in [2.45, 2.75) is 31.9 Å². The fourth-order valence-corrected chi connectivity index (χ4v) is 3.62. The second kappa shape index (κ2) is 9.93. The fraction of sp³-hybridized carbons (Fsp3) is 0.800. The normalized spacial score (nSPS) is 12.8. The summed E-state index contributed by atoms with van der Waals surface area (Å²) in [5.41, 5.74) is 0. The zero-order chi connectivity index (χ0) is 9.94. The molecule has 0 saturated heterocycles. The predicted molar refractivity (Wildman–Crippen MR) is 60.7 cm³/mol. The summed E-state index contributed by atoms with van der Waals surface area (Å²) in [5, 5.41) is 3.24. The van der Waals surface area contributed by atoms with Gasteiger partial charge in [-0.1, -0.05) is 31.5 Å². The van der Waals surface area contributed by atoms with E-state index in [1.54, 1.807) is 0 Å². The van der Waals surface area contributed by atoms with Gasteiger partial charge in [-0.3, -0.25) is 4.39 Å². The van der Waals surface area contributed by atoms with Crippen molar-refractivity contribution in [1.29, 1.82) is 0 Å². The van der Waals surface area contributed by atoms with Crippen molar-refractivity contribution in [2.75, 3.05) is 19.4 Å². The maximum Gasteiger partial charge on any atom is 0.0766 e. The Kier molecular flexibility index (Phi) is 9.81. The Morgan fingerprint density at radius 3 is 2.77 bits per heavy atom. The molecule has 0 aromatic carbocycles. The highest BCUT2D eigenvalue weighted by Crippen LogP contribution is 2.05. The van der Waals surface area contributed by atoms with Crippen LogP contribution in [0.25, 0.3) is 0 Å². The van der Waals surface area contributed by atoms with Gasteiger partial charge in [0.2, 0.25) is 0 Å². The molecule has 1 atom stereocenters. The van der Waals surface area contributed by atoms with Crippen molar-refractivity contribution < 1.29 is 4.39 Å². The highest BCUT2D eigenvalue weighted by Gasteiger charge is 2.07. The lowest BCUT2D eigenvalue weighted by Gasteiger charge is -2.09. The molecule has 0 aromatic rings. The van der Waals surface area contributed by atoms with Crippen LogP contribution in [0.4, 0.5) is 4.39 Å². The van der Waals surface area contributed by atoms with Gasteiger partial charge in [-0.2, -0.15) is 0 Å². The summed E-state index contributed by atoms with van der Waals surface area (Å²) < 4.78 is 12.4. The minimum absolute atomic E-state index is 0.0186. The van der Waals surface area contributed by atoms with E-state index in [9.17, 15) is 4.39 Å². The maximum absolute atomic E-state index is 12.4. The van der Waals surface area contributed by atoms with E-state index in [4.69, 9.17) is 0 Å². The van der Waals surface area contributed by atoms with E-state index in [0.29, 0.717) is 0 Å². The van der Waals surface area contributed by atoms with E-state index in [1.165, 1.54) is 0 Å². The van der Waals surface area contributed by atoms with E-state index in [1.807, 2.05) is 6.08 Å². The lowest BCUT2D eigenvalue weighted by atomic mass is 10.4. The quantitative estimate of drug-likeness (QED) is 0.344. The Balaban J connectivity index is 3.22. The van der Waals surface area contributed by atoms with Crippen LogP contribution in [-0.2, 0) is 0 Å². The molecule has 0 aliphatic carbocycles. The average molecular weight is 203 g/mol. The van der Waals surface area contributed by atoms with Crippen LogP contribution in [0.15, 0.2) is 12.7 Å². The molecule has 1 nitrogen and oxygen atoms in total. The molecular formula is C10H22FNSi. The number of alkyl halides is 1. The third-order valence-electron chi connectivity index (χ3n) is 2.17. The summed E-state index contributed by atoms with van der Waals surface area (Å²) in [6, 6.07) is 2.31. The highest BCUT2D eigenvalue weighted by atomic mass is 28.3. The minimum Gasteiger partial charge on any atom is -0.313 e. The van der Waals surface area contributed by atoms with Gasteiger partial charge in [0.25, 0.3) is 0 Å². The van der Waals surface area contributed by atoms with Crippen LogP contribution in [0.1, 0.15) is 19.8 Å². The largest absolute Gasteiger partial charge is 0.313 e. The van der Waals surface area contributed by atoms with E-state index < -0.39 is 8.80 Å². The molecule has 0 fully saturated rings. The summed E-state index contributed by atoms with van der Waals surface area (Å²) in [7, 11) is -0.997. The Morgan fingerprint density at radius 2 is 2.23 bits per heavy atom. The Morgan fingerprint density at radius 1 is 1.46 bits per heavy atom. The first-order valence-electron chi connectivity index (χ1n) is 5.22. The molecule has 13 heavy (non-hydrogen) atoms. The monoisotopic (exact) mass is 203 g/mol. The average Bonchev–Trinajstić information content (AvgIpc) is 2.16. The lowest BCUT2D eigenvalue weighted by Crippen LogP contribution is -2.20. The van der Waals surface area contributed by atoms with Crippen LogP contribution in [0.3, 0.4) is 0 Å². The van der Waals surface area contributed by atoms with Gasteiger partial charge in [0, 0.05) is 6.54 Å². The molecule has 0 rings (SSSR count). The first-order chi connectivity index (χ1) is 6.35. The molecule has 0 amide bonds. The van der Waals surface area contributed by atoms with Crippen molar-refractivity contribution in [3.05, 3.63) is 12.7 Å². The first-order valence-corrected chi connectivity index (χ1v) is 7.67. The SMILES string of the molecule is C=CCNCCC[SiH](CF)CCC. The second-order valence-electron chi connectivity index (χ2n) is 3.44. The summed E-state index contributed by atoms with van der Waals surface area (Å²) >= 11 is 0. The molecule has 0 aromatic heterocycles. The Hall–Kier alpha value is -0.153. The zero-order valence-electron chi connectivity index (χ0n) is 8.69. The number of nitrogens with one attached hydrogen (secondary N) is 1. The van der Waals surface area contributed by atoms with Crippen molar-refractivity contribution in [3.63, 3.8) is 0 Å². The van der Waals surface area contributed by atoms with Crippen LogP contribution >= 0.6 is 0 Å². The minimum atomic E-state index is -0.997. The fourth-order valence-electron chi connectivity index (χ4n) is 1.43. The molecule has 0 aliphatic rings. The molecular weight excluding hydrogens is 181 g/mol. The van der Waals surface area contributed by atoms with Crippen LogP contribution < -0.4 is 5.32 Å². The molecule has 0 spiro atoms. The standard InChI is InChI=1S/C10H22FNSi/c1-3-6-12-7-5-9-13(10-11)8-4-2/h3,12-13H,1,4-10H2,2H3. The highest BCUT2D eigenvalue weighted by molar-refractivity contribution is 6.58. The summed E-state index contributed by atoms with van der Waals surface area (Å²) in [6.07, 6.45) is 4.13. The zero-order valence-corrected chi connectivity index (χ0v) is 9.84. The van der Waals surface area contributed by atoms with E-state index in [2.05, 4.69) is 18.8 Å². The first kappa shape index (κ1) is 12.8. The van der Waals surface area contributed by atoms with Crippen LogP contribution in [0.5, 0.6) is 0 Å². The van der Waals surface area contributed by atoms with Gasteiger partial charge in [-0.05, 0) is 13.0 Å². The van der Waals surface area contributed by atoms with Crippen LogP contribution in [0.2, 0.25) is 12.1 Å². The number of hydrogen-bond acceptors (Lipinski definition) is 1. The van der Waals surface area contributed by atoms with E-state index in [-0.39, 0.29) is 6.30 Å².